The van der Waals surface area contributed by atoms with Crippen LogP contribution in [0.15, 0.2) is 51.3 Å². The van der Waals surface area contributed by atoms with Crippen molar-refractivity contribution in [3.8, 4) is 11.5 Å². The minimum Gasteiger partial charge on any atom is -0.490 e. The zero-order valence-corrected chi connectivity index (χ0v) is 13.2. The summed E-state index contributed by atoms with van der Waals surface area (Å²) >= 11 is 1.40. The SMILES string of the molecule is NS(=O)(=O)c1ccc(Sc2ccc3c(c2)OCCCO3)nc1. The van der Waals surface area contributed by atoms with Gasteiger partial charge in [0.25, 0.3) is 0 Å². The molecule has 116 valence electrons. The van der Waals surface area contributed by atoms with Gasteiger partial charge >= 0.3 is 0 Å². The Morgan fingerprint density at radius 3 is 2.55 bits per heavy atom. The van der Waals surface area contributed by atoms with Crippen LogP contribution in [0.2, 0.25) is 0 Å². The third-order valence-electron chi connectivity index (χ3n) is 2.98. The number of aromatic nitrogens is 1. The molecule has 1 aliphatic heterocycles. The largest absolute Gasteiger partial charge is 0.490 e. The highest BCUT2D eigenvalue weighted by Gasteiger charge is 2.12. The number of sulfonamides is 1. The number of hydrogen-bond acceptors (Lipinski definition) is 6. The minimum atomic E-state index is -3.72. The van der Waals surface area contributed by atoms with Crippen molar-refractivity contribution in [1.29, 1.82) is 0 Å². The lowest BCUT2D eigenvalue weighted by Crippen LogP contribution is -2.12. The van der Waals surface area contributed by atoms with Gasteiger partial charge in [0.1, 0.15) is 9.92 Å². The maximum absolute atomic E-state index is 11.2. The van der Waals surface area contributed by atoms with Crippen LogP contribution >= 0.6 is 11.8 Å². The molecule has 1 aliphatic rings. The molecule has 1 aromatic heterocycles. The number of rotatable bonds is 3. The van der Waals surface area contributed by atoms with Gasteiger partial charge in [-0.05, 0) is 30.3 Å². The van der Waals surface area contributed by atoms with E-state index < -0.39 is 10.0 Å². The molecule has 0 aliphatic carbocycles. The molecule has 0 spiro atoms. The van der Waals surface area contributed by atoms with Crippen molar-refractivity contribution in [3.63, 3.8) is 0 Å². The number of pyridine rings is 1. The van der Waals surface area contributed by atoms with E-state index in [1.807, 2.05) is 18.2 Å². The van der Waals surface area contributed by atoms with Crippen LogP contribution in [0.1, 0.15) is 6.42 Å². The third kappa shape index (κ3) is 3.52. The van der Waals surface area contributed by atoms with Crippen LogP contribution in [0.4, 0.5) is 0 Å². The first-order chi connectivity index (χ1) is 10.5. The second kappa shape index (κ2) is 6.15. The first kappa shape index (κ1) is 15.1. The van der Waals surface area contributed by atoms with Gasteiger partial charge in [-0.2, -0.15) is 0 Å². The number of ether oxygens (including phenoxy) is 2. The van der Waals surface area contributed by atoms with Gasteiger partial charge in [0.05, 0.1) is 13.2 Å². The molecule has 2 heterocycles. The molecule has 0 saturated carbocycles. The van der Waals surface area contributed by atoms with Crippen LogP contribution in [-0.2, 0) is 10.0 Å². The molecule has 0 unspecified atom stereocenters. The molecule has 2 aromatic rings. The first-order valence-corrected chi connectivity index (χ1v) is 8.95. The van der Waals surface area contributed by atoms with E-state index in [-0.39, 0.29) is 4.90 Å². The third-order valence-corrected chi connectivity index (χ3v) is 4.82. The summed E-state index contributed by atoms with van der Waals surface area (Å²) in [6.45, 7) is 1.28. The van der Waals surface area contributed by atoms with Crippen molar-refractivity contribution >= 4 is 21.8 Å². The monoisotopic (exact) mass is 338 g/mol. The summed E-state index contributed by atoms with van der Waals surface area (Å²) in [6, 6.07) is 8.72. The van der Waals surface area contributed by atoms with Crippen molar-refractivity contribution in [2.24, 2.45) is 5.14 Å². The highest BCUT2D eigenvalue weighted by Crippen LogP contribution is 2.36. The van der Waals surface area contributed by atoms with E-state index >= 15 is 0 Å². The Balaban J connectivity index is 1.80. The van der Waals surface area contributed by atoms with E-state index in [1.165, 1.54) is 24.0 Å². The molecule has 3 rings (SSSR count). The quantitative estimate of drug-likeness (QED) is 0.921. The highest BCUT2D eigenvalue weighted by atomic mass is 32.2. The second-order valence-electron chi connectivity index (χ2n) is 4.64. The van der Waals surface area contributed by atoms with Gasteiger partial charge in [-0.1, -0.05) is 11.8 Å². The van der Waals surface area contributed by atoms with Gasteiger partial charge in [-0.25, -0.2) is 18.5 Å². The fraction of sp³-hybridized carbons (Fsp3) is 0.214. The molecular formula is C14H14N2O4S2. The van der Waals surface area contributed by atoms with E-state index in [9.17, 15) is 8.42 Å². The molecule has 0 radical (unpaired) electrons. The summed E-state index contributed by atoms with van der Waals surface area (Å²) in [5.41, 5.74) is 0. The van der Waals surface area contributed by atoms with Crippen LogP contribution in [0.25, 0.3) is 0 Å². The summed E-state index contributed by atoms with van der Waals surface area (Å²) in [7, 11) is -3.72. The number of nitrogens with two attached hydrogens (primary N) is 1. The Bertz CT molecular complexity index is 776. The Morgan fingerprint density at radius 2 is 1.86 bits per heavy atom. The van der Waals surface area contributed by atoms with E-state index in [0.717, 1.165) is 17.1 Å². The number of fused-ring (bicyclic) bond motifs is 1. The van der Waals surface area contributed by atoms with Crippen LogP contribution in [0, 0.1) is 0 Å². The van der Waals surface area contributed by atoms with Crippen molar-refractivity contribution < 1.29 is 17.9 Å². The first-order valence-electron chi connectivity index (χ1n) is 6.59. The number of nitrogens with zero attached hydrogens (tertiary/aromatic N) is 1. The van der Waals surface area contributed by atoms with Crippen LogP contribution in [0.5, 0.6) is 11.5 Å². The molecule has 0 bridgehead atoms. The molecule has 0 saturated heterocycles. The maximum Gasteiger partial charge on any atom is 0.239 e. The van der Waals surface area contributed by atoms with Gasteiger partial charge < -0.3 is 9.47 Å². The summed E-state index contributed by atoms with van der Waals surface area (Å²) in [6.07, 6.45) is 2.11. The van der Waals surface area contributed by atoms with Crippen molar-refractivity contribution in [3.05, 3.63) is 36.5 Å². The Morgan fingerprint density at radius 1 is 1.09 bits per heavy atom. The lowest BCUT2D eigenvalue weighted by molar-refractivity contribution is 0.297. The average Bonchev–Trinajstić information content (AvgIpc) is 2.71. The number of primary sulfonamides is 1. The topological polar surface area (TPSA) is 91.5 Å². The van der Waals surface area contributed by atoms with E-state index in [2.05, 4.69) is 4.98 Å². The molecule has 0 fully saturated rings. The number of benzene rings is 1. The standard InChI is InChI=1S/C14H14N2O4S2/c15-22(17,18)11-3-5-14(16-9-11)21-10-2-4-12-13(8-10)20-7-1-6-19-12/h2-5,8-9H,1,6-7H2,(H2,15,17,18). The fourth-order valence-electron chi connectivity index (χ4n) is 1.92. The lowest BCUT2D eigenvalue weighted by Gasteiger charge is -2.09. The van der Waals surface area contributed by atoms with Gasteiger partial charge in [-0.15, -0.1) is 0 Å². The van der Waals surface area contributed by atoms with Crippen molar-refractivity contribution in [2.45, 2.75) is 21.2 Å². The predicted molar refractivity (Wildman–Crippen MR) is 81.8 cm³/mol. The smallest absolute Gasteiger partial charge is 0.239 e. The lowest BCUT2D eigenvalue weighted by atomic mass is 10.3. The number of hydrogen-bond donors (Lipinski definition) is 1. The normalized spacial score (nSPS) is 14.4. The van der Waals surface area contributed by atoms with Crippen molar-refractivity contribution in [1.82, 2.24) is 4.98 Å². The molecule has 2 N–H and O–H groups in total. The average molecular weight is 338 g/mol. The Hall–Kier alpha value is -1.77. The van der Waals surface area contributed by atoms with Crippen LogP contribution < -0.4 is 14.6 Å². The zero-order chi connectivity index (χ0) is 15.6. The van der Waals surface area contributed by atoms with Crippen molar-refractivity contribution in [2.75, 3.05) is 13.2 Å². The van der Waals surface area contributed by atoms with Crippen LogP contribution in [-0.4, -0.2) is 26.6 Å². The summed E-state index contributed by atoms with van der Waals surface area (Å²) in [5.74, 6) is 1.45. The molecule has 8 heteroatoms. The van der Waals surface area contributed by atoms with E-state index in [1.54, 1.807) is 6.07 Å². The molecular weight excluding hydrogens is 324 g/mol. The fourth-order valence-corrected chi connectivity index (χ4v) is 3.17. The zero-order valence-electron chi connectivity index (χ0n) is 11.6. The highest BCUT2D eigenvalue weighted by molar-refractivity contribution is 7.99. The molecule has 22 heavy (non-hydrogen) atoms. The van der Waals surface area contributed by atoms with Gasteiger partial charge in [-0.3, -0.25) is 0 Å². The second-order valence-corrected chi connectivity index (χ2v) is 7.29. The van der Waals surface area contributed by atoms with E-state index in [4.69, 9.17) is 14.6 Å². The van der Waals surface area contributed by atoms with Gasteiger partial charge in [0.2, 0.25) is 10.0 Å². The predicted octanol–water partition coefficient (Wildman–Crippen LogP) is 2.04. The summed E-state index contributed by atoms with van der Waals surface area (Å²) in [4.78, 5) is 5.03. The van der Waals surface area contributed by atoms with Crippen LogP contribution in [0.3, 0.4) is 0 Å². The minimum absolute atomic E-state index is 0.00416. The summed E-state index contributed by atoms with van der Waals surface area (Å²) in [5, 5.41) is 5.71. The Kier molecular flexibility index (Phi) is 4.23. The molecule has 0 atom stereocenters. The molecule has 6 nitrogen and oxygen atoms in total. The Labute approximate surface area is 132 Å². The maximum atomic E-state index is 11.2. The molecule has 0 amide bonds. The van der Waals surface area contributed by atoms with Gasteiger partial charge in [0, 0.05) is 17.5 Å². The van der Waals surface area contributed by atoms with E-state index in [0.29, 0.717) is 24.0 Å². The molecule has 1 aromatic carbocycles. The van der Waals surface area contributed by atoms with Gasteiger partial charge in [0.15, 0.2) is 11.5 Å². The summed E-state index contributed by atoms with van der Waals surface area (Å²) < 4.78 is 33.6.